The van der Waals surface area contributed by atoms with Gasteiger partial charge in [-0.2, -0.15) is 0 Å². The molecule has 2 N–H and O–H groups in total. The fourth-order valence-corrected chi connectivity index (χ4v) is 8.03. The molecule has 0 aliphatic carbocycles. The molecule has 2 aliphatic heterocycles. The lowest BCUT2D eigenvalue weighted by Crippen LogP contribution is -2.44. The number of nitrogens with one attached hydrogen (secondary N) is 2. The molecule has 0 radical (unpaired) electrons. The predicted octanol–water partition coefficient (Wildman–Crippen LogP) is 4.97. The second kappa shape index (κ2) is 11.6. The van der Waals surface area contributed by atoms with Crippen LogP contribution in [0.5, 0.6) is 5.75 Å². The van der Waals surface area contributed by atoms with Crippen molar-refractivity contribution in [3.63, 3.8) is 0 Å². The topological polar surface area (TPSA) is 118 Å². The maximum atomic E-state index is 13.0. The molecule has 2 fully saturated rings. The summed E-state index contributed by atoms with van der Waals surface area (Å²) in [4.78, 5) is 30.8. The summed E-state index contributed by atoms with van der Waals surface area (Å²) >= 11 is 1.35. The Morgan fingerprint density at radius 3 is 2.73 bits per heavy atom. The number of hydrogen-bond donors (Lipinski definition) is 2. The molecule has 3 heterocycles. The molecule has 3 aromatic rings. The first kappa shape index (κ1) is 28.1. The normalized spacial score (nSPS) is 21.6. The van der Waals surface area contributed by atoms with Gasteiger partial charge in [0.05, 0.1) is 22.8 Å². The molecule has 0 unspecified atom stereocenters. The third-order valence-corrected chi connectivity index (χ3v) is 10.4. The van der Waals surface area contributed by atoms with Gasteiger partial charge in [-0.3, -0.25) is 14.6 Å². The van der Waals surface area contributed by atoms with Crippen molar-refractivity contribution in [3.05, 3.63) is 72.9 Å². The van der Waals surface area contributed by atoms with Gasteiger partial charge < -0.3 is 15.0 Å². The lowest BCUT2D eigenvalue weighted by atomic mass is 9.79. The Kier molecular flexibility index (Phi) is 8.16. The van der Waals surface area contributed by atoms with Gasteiger partial charge in [-0.05, 0) is 78.8 Å². The maximum Gasteiger partial charge on any atom is 0.282 e. The van der Waals surface area contributed by atoms with E-state index in [1.54, 1.807) is 25.4 Å². The molecule has 9 nitrogen and oxygen atoms in total. The first-order valence-electron chi connectivity index (χ1n) is 13.1. The Morgan fingerprint density at radius 2 is 2.02 bits per heavy atom. The zero-order valence-corrected chi connectivity index (χ0v) is 24.0. The summed E-state index contributed by atoms with van der Waals surface area (Å²) in [5.41, 5.74) is 2.43. The Bertz CT molecular complexity index is 1540. The van der Waals surface area contributed by atoms with Crippen LogP contribution in [-0.4, -0.2) is 55.7 Å². The quantitative estimate of drug-likeness (QED) is 0.343. The summed E-state index contributed by atoms with van der Waals surface area (Å²) in [6.07, 6.45) is 5.10. The molecular weight excluding hydrogens is 548 g/mol. The lowest BCUT2D eigenvalue weighted by Gasteiger charge is -2.39. The number of ether oxygens (including phenoxy) is 1. The van der Waals surface area contributed by atoms with Gasteiger partial charge in [-0.15, -0.1) is 6.58 Å². The molecule has 2 amide bonds. The molecule has 0 bridgehead atoms. The Labute approximate surface area is 238 Å². The van der Waals surface area contributed by atoms with Gasteiger partial charge in [0, 0.05) is 43.3 Å². The molecular formula is C29H32N4O5S2. The summed E-state index contributed by atoms with van der Waals surface area (Å²) in [7, 11) is -2.13. The average Bonchev–Trinajstić information content (AvgIpc) is 3.28. The number of aromatic nitrogens is 1. The standard InChI is InChI=1S/C29H32N4O5S2/c1-4-19(17-31-40(36,37)23-8-5-21(6-9-23)32-18(2)34)20-12-14-33-27(15-20)28(39-29(33)35)24-11-13-30-26-10-7-22(38-3)16-25(24)26/h4-11,13,16,19-20,27-28,31H,1,12,14-15,17H2,2-3H3,(H,32,34)/t19-,20-,27-,28+/m0/s1. The predicted molar refractivity (Wildman–Crippen MR) is 157 cm³/mol. The summed E-state index contributed by atoms with van der Waals surface area (Å²) in [5, 5.41) is 3.59. The first-order chi connectivity index (χ1) is 19.2. The molecule has 2 aliphatic rings. The van der Waals surface area contributed by atoms with Crippen molar-refractivity contribution >= 4 is 49.5 Å². The van der Waals surface area contributed by atoms with Gasteiger partial charge >= 0.3 is 0 Å². The zero-order chi connectivity index (χ0) is 28.4. The highest BCUT2D eigenvalue weighted by Crippen LogP contribution is 2.50. The minimum absolute atomic E-state index is 0.0200. The van der Waals surface area contributed by atoms with E-state index in [4.69, 9.17) is 4.74 Å². The van der Waals surface area contributed by atoms with E-state index in [0.717, 1.165) is 35.1 Å². The highest BCUT2D eigenvalue weighted by molar-refractivity contribution is 8.14. The van der Waals surface area contributed by atoms with E-state index in [0.29, 0.717) is 12.2 Å². The number of nitrogens with zero attached hydrogens (tertiary/aromatic N) is 2. The molecule has 4 atom stereocenters. The molecule has 1 aromatic heterocycles. The number of pyridine rings is 1. The number of piperidine rings is 1. The summed E-state index contributed by atoms with van der Waals surface area (Å²) in [6, 6.07) is 13.8. The second-order valence-electron chi connectivity index (χ2n) is 10.1. The third kappa shape index (κ3) is 5.72. The monoisotopic (exact) mass is 580 g/mol. The van der Waals surface area contributed by atoms with Crippen LogP contribution in [0, 0.1) is 11.8 Å². The Balaban J connectivity index is 1.32. The van der Waals surface area contributed by atoms with Crippen LogP contribution in [0.25, 0.3) is 10.9 Å². The van der Waals surface area contributed by atoms with Crippen LogP contribution in [0.15, 0.2) is 72.3 Å². The number of methoxy groups -OCH3 is 1. The van der Waals surface area contributed by atoms with E-state index in [2.05, 4.69) is 21.6 Å². The number of hydrogen-bond acceptors (Lipinski definition) is 7. The lowest BCUT2D eigenvalue weighted by molar-refractivity contribution is -0.114. The van der Waals surface area contributed by atoms with Gasteiger partial charge in [0.2, 0.25) is 15.9 Å². The third-order valence-electron chi connectivity index (χ3n) is 7.69. The van der Waals surface area contributed by atoms with Crippen LogP contribution in [0.2, 0.25) is 0 Å². The number of carbonyl (C=O) groups excluding carboxylic acids is 2. The van der Waals surface area contributed by atoms with Crippen molar-refractivity contribution in [2.45, 2.75) is 36.0 Å². The second-order valence-corrected chi connectivity index (χ2v) is 12.9. The van der Waals surface area contributed by atoms with Crippen LogP contribution in [0.4, 0.5) is 10.5 Å². The average molecular weight is 581 g/mol. The van der Waals surface area contributed by atoms with Crippen molar-refractivity contribution in [1.29, 1.82) is 0 Å². The van der Waals surface area contributed by atoms with Crippen LogP contribution < -0.4 is 14.8 Å². The number of fused-ring (bicyclic) bond motifs is 2. The van der Waals surface area contributed by atoms with Gasteiger partial charge in [0.25, 0.3) is 5.24 Å². The van der Waals surface area contributed by atoms with Crippen molar-refractivity contribution in [3.8, 4) is 5.75 Å². The molecule has 210 valence electrons. The van der Waals surface area contributed by atoms with Gasteiger partial charge in [0.1, 0.15) is 5.75 Å². The van der Waals surface area contributed by atoms with Gasteiger partial charge in [-0.1, -0.05) is 17.8 Å². The highest BCUT2D eigenvalue weighted by Gasteiger charge is 2.46. The van der Waals surface area contributed by atoms with E-state index in [9.17, 15) is 18.0 Å². The van der Waals surface area contributed by atoms with Crippen molar-refractivity contribution in [1.82, 2.24) is 14.6 Å². The summed E-state index contributed by atoms with van der Waals surface area (Å²) < 4.78 is 34.2. The smallest absolute Gasteiger partial charge is 0.282 e. The Morgan fingerprint density at radius 1 is 1.25 bits per heavy atom. The Hall–Kier alpha value is -3.41. The van der Waals surface area contributed by atoms with Crippen LogP contribution in [-0.2, 0) is 14.8 Å². The van der Waals surface area contributed by atoms with Crippen LogP contribution in [0.3, 0.4) is 0 Å². The van der Waals surface area contributed by atoms with Gasteiger partial charge in [-0.25, -0.2) is 13.1 Å². The number of thioether (sulfide) groups is 1. The number of amides is 2. The number of anilines is 1. The largest absolute Gasteiger partial charge is 0.497 e. The number of benzene rings is 2. The first-order valence-corrected chi connectivity index (χ1v) is 15.5. The molecule has 40 heavy (non-hydrogen) atoms. The number of carbonyl (C=O) groups is 2. The molecule has 5 rings (SSSR count). The molecule has 2 aromatic carbocycles. The molecule has 2 saturated heterocycles. The van der Waals surface area contributed by atoms with Crippen molar-refractivity contribution in [2.75, 3.05) is 25.5 Å². The van der Waals surface area contributed by atoms with Crippen molar-refractivity contribution in [2.24, 2.45) is 11.8 Å². The van der Waals surface area contributed by atoms with Crippen LogP contribution >= 0.6 is 11.8 Å². The van der Waals surface area contributed by atoms with Crippen LogP contribution in [0.1, 0.15) is 30.6 Å². The fraction of sp³-hybridized carbons (Fsp3) is 0.345. The van der Waals surface area contributed by atoms with E-state index in [-0.39, 0.29) is 45.7 Å². The van der Waals surface area contributed by atoms with Crippen molar-refractivity contribution < 1.29 is 22.7 Å². The zero-order valence-electron chi connectivity index (χ0n) is 22.4. The van der Waals surface area contributed by atoms with E-state index >= 15 is 0 Å². The summed E-state index contributed by atoms with van der Waals surface area (Å²) in [5.74, 6) is 0.555. The number of rotatable bonds is 9. The minimum Gasteiger partial charge on any atom is -0.497 e. The van der Waals surface area contributed by atoms with E-state index in [1.807, 2.05) is 35.2 Å². The number of sulfonamides is 1. The van der Waals surface area contributed by atoms with Gasteiger partial charge in [0.15, 0.2) is 0 Å². The highest BCUT2D eigenvalue weighted by atomic mass is 32.2. The van der Waals surface area contributed by atoms with E-state index < -0.39 is 10.0 Å². The SMILES string of the molecule is C=C[C@@H](CNS(=O)(=O)c1ccc(NC(C)=O)cc1)[C@H]1CCN2C(=O)S[C@H](c3ccnc4ccc(OC)cc34)[C@@H]2C1. The van der Waals surface area contributed by atoms with E-state index in [1.165, 1.54) is 30.8 Å². The molecule has 0 spiro atoms. The summed E-state index contributed by atoms with van der Waals surface area (Å²) in [6.45, 7) is 6.22. The molecule has 11 heteroatoms. The maximum absolute atomic E-state index is 13.0. The fourth-order valence-electron chi connectivity index (χ4n) is 5.63. The minimum atomic E-state index is -3.76. The molecule has 0 saturated carbocycles.